The second kappa shape index (κ2) is 7.96. The summed E-state index contributed by atoms with van der Waals surface area (Å²) in [6, 6.07) is -1.73. The summed E-state index contributed by atoms with van der Waals surface area (Å²) in [5, 5.41) is 19.9. The minimum absolute atomic E-state index is 0.0110. The molecule has 2 amide bonds. The van der Waals surface area contributed by atoms with E-state index >= 15 is 0 Å². The van der Waals surface area contributed by atoms with Gasteiger partial charge < -0.3 is 25.2 Å². The molecule has 19 heavy (non-hydrogen) atoms. The SMILES string of the molecule is CCCOC1CCCN(C(=O)N[C@@H](CO)C(=O)O)C1. The Balaban J connectivity index is 2.45. The van der Waals surface area contributed by atoms with Crippen molar-refractivity contribution in [1.29, 1.82) is 0 Å². The lowest BCUT2D eigenvalue weighted by atomic mass is 10.1. The predicted molar refractivity (Wildman–Crippen MR) is 67.9 cm³/mol. The normalized spacial score (nSPS) is 20.9. The van der Waals surface area contributed by atoms with E-state index in [9.17, 15) is 9.59 Å². The van der Waals surface area contributed by atoms with Gasteiger partial charge in [0.25, 0.3) is 0 Å². The fourth-order valence-electron chi connectivity index (χ4n) is 1.97. The van der Waals surface area contributed by atoms with E-state index in [2.05, 4.69) is 5.32 Å². The van der Waals surface area contributed by atoms with Crippen molar-refractivity contribution in [3.63, 3.8) is 0 Å². The highest BCUT2D eigenvalue weighted by Crippen LogP contribution is 2.13. The van der Waals surface area contributed by atoms with E-state index in [1.54, 1.807) is 0 Å². The van der Waals surface area contributed by atoms with Gasteiger partial charge in [0.15, 0.2) is 6.04 Å². The zero-order valence-corrected chi connectivity index (χ0v) is 11.2. The summed E-state index contributed by atoms with van der Waals surface area (Å²) in [5.74, 6) is -1.24. The molecule has 1 aliphatic rings. The minimum atomic E-state index is -1.26. The van der Waals surface area contributed by atoms with Gasteiger partial charge in [0.05, 0.1) is 12.7 Å². The lowest BCUT2D eigenvalue weighted by molar-refractivity contribution is -0.140. The van der Waals surface area contributed by atoms with Crippen LogP contribution in [0.1, 0.15) is 26.2 Å². The summed E-state index contributed by atoms with van der Waals surface area (Å²) < 4.78 is 5.60. The Labute approximate surface area is 112 Å². The van der Waals surface area contributed by atoms with Crippen molar-refractivity contribution >= 4 is 12.0 Å². The number of hydrogen-bond donors (Lipinski definition) is 3. The van der Waals surface area contributed by atoms with Crippen molar-refractivity contribution < 1.29 is 24.5 Å². The van der Waals surface area contributed by atoms with Gasteiger partial charge >= 0.3 is 12.0 Å². The molecule has 1 saturated heterocycles. The summed E-state index contributed by atoms with van der Waals surface area (Å²) in [7, 11) is 0. The lowest BCUT2D eigenvalue weighted by Gasteiger charge is -2.33. The first-order valence-corrected chi connectivity index (χ1v) is 6.59. The molecule has 1 rings (SSSR count). The first kappa shape index (κ1) is 15.7. The Hall–Kier alpha value is -1.34. The monoisotopic (exact) mass is 274 g/mol. The van der Waals surface area contributed by atoms with Gasteiger partial charge in [-0.2, -0.15) is 0 Å². The fourth-order valence-corrected chi connectivity index (χ4v) is 1.97. The Kier molecular flexibility index (Phi) is 6.58. The average Bonchev–Trinajstić information content (AvgIpc) is 2.42. The number of rotatable bonds is 6. The number of piperidine rings is 1. The largest absolute Gasteiger partial charge is 0.480 e. The van der Waals surface area contributed by atoms with Gasteiger partial charge in [-0.05, 0) is 19.3 Å². The molecule has 1 fully saturated rings. The number of aliphatic hydroxyl groups is 1. The van der Waals surface area contributed by atoms with Crippen LogP contribution in [0.4, 0.5) is 4.79 Å². The molecule has 110 valence electrons. The molecule has 0 aromatic heterocycles. The number of likely N-dealkylation sites (tertiary alicyclic amines) is 1. The average molecular weight is 274 g/mol. The summed E-state index contributed by atoms with van der Waals surface area (Å²) in [4.78, 5) is 24.1. The zero-order valence-electron chi connectivity index (χ0n) is 11.2. The third-order valence-electron chi connectivity index (χ3n) is 3.00. The summed E-state index contributed by atoms with van der Waals surface area (Å²) in [6.45, 7) is 3.10. The van der Waals surface area contributed by atoms with Gasteiger partial charge in [0, 0.05) is 19.7 Å². The topological polar surface area (TPSA) is 99.1 Å². The highest BCUT2D eigenvalue weighted by atomic mass is 16.5. The van der Waals surface area contributed by atoms with Crippen LogP contribution >= 0.6 is 0 Å². The quantitative estimate of drug-likeness (QED) is 0.635. The first-order chi connectivity index (χ1) is 9.08. The summed E-state index contributed by atoms with van der Waals surface area (Å²) in [5.41, 5.74) is 0. The van der Waals surface area contributed by atoms with Crippen molar-refractivity contribution in [1.82, 2.24) is 10.2 Å². The van der Waals surface area contributed by atoms with Gasteiger partial charge in [-0.3, -0.25) is 0 Å². The highest BCUT2D eigenvalue weighted by Gasteiger charge is 2.27. The zero-order chi connectivity index (χ0) is 14.3. The van der Waals surface area contributed by atoms with Crippen molar-refractivity contribution in [2.24, 2.45) is 0 Å². The number of hydrogen-bond acceptors (Lipinski definition) is 4. The van der Waals surface area contributed by atoms with Crippen LogP contribution in [0.2, 0.25) is 0 Å². The molecule has 0 radical (unpaired) electrons. The van der Waals surface area contributed by atoms with E-state index in [0.29, 0.717) is 19.7 Å². The third kappa shape index (κ3) is 5.04. The predicted octanol–water partition coefficient (Wildman–Crippen LogP) is 0.0325. The molecule has 1 unspecified atom stereocenters. The van der Waals surface area contributed by atoms with Gasteiger partial charge in [0.1, 0.15) is 0 Å². The van der Waals surface area contributed by atoms with Crippen LogP contribution in [0.25, 0.3) is 0 Å². The smallest absolute Gasteiger partial charge is 0.328 e. The van der Waals surface area contributed by atoms with Gasteiger partial charge in [-0.15, -0.1) is 0 Å². The van der Waals surface area contributed by atoms with Crippen molar-refractivity contribution in [2.45, 2.75) is 38.3 Å². The lowest BCUT2D eigenvalue weighted by Crippen LogP contribution is -2.53. The van der Waals surface area contributed by atoms with Crippen molar-refractivity contribution in [3.8, 4) is 0 Å². The molecule has 3 N–H and O–H groups in total. The van der Waals surface area contributed by atoms with E-state index in [1.165, 1.54) is 4.90 Å². The third-order valence-corrected chi connectivity index (χ3v) is 3.00. The maximum atomic E-state index is 11.9. The number of nitrogens with zero attached hydrogens (tertiary/aromatic N) is 1. The molecule has 0 aromatic rings. The second-order valence-electron chi connectivity index (χ2n) is 4.60. The molecule has 0 saturated carbocycles. The number of aliphatic hydroxyl groups excluding tert-OH is 1. The van der Waals surface area contributed by atoms with E-state index in [-0.39, 0.29) is 6.10 Å². The van der Waals surface area contributed by atoms with Gasteiger partial charge in [-0.1, -0.05) is 6.92 Å². The maximum absolute atomic E-state index is 11.9. The Bertz CT molecular complexity index is 310. The van der Waals surface area contributed by atoms with E-state index < -0.39 is 24.6 Å². The number of ether oxygens (including phenoxy) is 1. The Morgan fingerprint density at radius 1 is 1.53 bits per heavy atom. The second-order valence-corrected chi connectivity index (χ2v) is 4.60. The molecule has 1 heterocycles. The Morgan fingerprint density at radius 3 is 2.84 bits per heavy atom. The number of carboxylic acids is 1. The van der Waals surface area contributed by atoms with Crippen LogP contribution < -0.4 is 5.32 Å². The molecule has 0 aliphatic carbocycles. The van der Waals surface area contributed by atoms with Crippen LogP contribution in [0, 0.1) is 0 Å². The van der Waals surface area contributed by atoms with E-state index in [1.807, 2.05) is 6.92 Å². The standard InChI is InChI=1S/C12H22N2O5/c1-2-6-19-9-4-3-5-14(7-9)12(18)13-10(8-15)11(16)17/h9-10,15H,2-8H2,1H3,(H,13,18)(H,16,17)/t9?,10-/m0/s1. The number of carbonyl (C=O) groups is 2. The van der Waals surface area contributed by atoms with Crippen LogP contribution in [-0.2, 0) is 9.53 Å². The van der Waals surface area contributed by atoms with Crippen LogP contribution in [0.5, 0.6) is 0 Å². The number of aliphatic carboxylic acids is 1. The van der Waals surface area contributed by atoms with E-state index in [0.717, 1.165) is 19.3 Å². The number of nitrogens with one attached hydrogen (secondary N) is 1. The van der Waals surface area contributed by atoms with Crippen LogP contribution in [0.15, 0.2) is 0 Å². The highest BCUT2D eigenvalue weighted by molar-refractivity contribution is 5.82. The molecule has 2 atom stereocenters. The van der Waals surface area contributed by atoms with Gasteiger partial charge in [-0.25, -0.2) is 9.59 Å². The number of urea groups is 1. The maximum Gasteiger partial charge on any atom is 0.328 e. The minimum Gasteiger partial charge on any atom is -0.480 e. The molecular formula is C12H22N2O5. The molecule has 7 nitrogen and oxygen atoms in total. The number of carbonyl (C=O) groups excluding carboxylic acids is 1. The van der Waals surface area contributed by atoms with Crippen LogP contribution in [-0.4, -0.2) is 65.6 Å². The van der Waals surface area contributed by atoms with E-state index in [4.69, 9.17) is 14.9 Å². The van der Waals surface area contributed by atoms with Crippen molar-refractivity contribution in [3.05, 3.63) is 0 Å². The summed E-state index contributed by atoms with van der Waals surface area (Å²) >= 11 is 0. The van der Waals surface area contributed by atoms with Crippen LogP contribution in [0.3, 0.4) is 0 Å². The first-order valence-electron chi connectivity index (χ1n) is 6.59. The molecule has 7 heteroatoms. The molecule has 0 aromatic carbocycles. The fraction of sp³-hybridized carbons (Fsp3) is 0.833. The molecule has 1 aliphatic heterocycles. The Morgan fingerprint density at radius 2 is 2.26 bits per heavy atom. The summed E-state index contributed by atoms with van der Waals surface area (Å²) in [6.07, 6.45) is 2.68. The van der Waals surface area contributed by atoms with Crippen molar-refractivity contribution in [2.75, 3.05) is 26.3 Å². The number of amides is 2. The number of carboxylic acid groups (broad SMARTS) is 1. The van der Waals surface area contributed by atoms with Gasteiger partial charge in [0.2, 0.25) is 0 Å². The molecular weight excluding hydrogens is 252 g/mol. The molecule has 0 bridgehead atoms. The molecule has 0 spiro atoms.